The monoisotopic (exact) mass is 387 g/mol. The fraction of sp³-hybridized carbons (Fsp3) is 0.550. The molecule has 0 spiro atoms. The number of nitrogens with zero attached hydrogens (tertiary/aromatic N) is 3. The molecule has 28 heavy (non-hydrogen) atoms. The highest BCUT2D eigenvalue weighted by molar-refractivity contribution is 5.95. The molecule has 2 aliphatic rings. The van der Waals surface area contributed by atoms with Crippen LogP contribution in [0, 0.1) is 0 Å². The van der Waals surface area contributed by atoms with E-state index in [0.29, 0.717) is 44.3 Å². The minimum absolute atomic E-state index is 0.181. The van der Waals surface area contributed by atoms with Crippen LogP contribution < -0.4 is 10.9 Å². The summed E-state index contributed by atoms with van der Waals surface area (Å²) in [6.45, 7) is 5.71. The van der Waals surface area contributed by atoms with Crippen molar-refractivity contribution in [3.63, 3.8) is 0 Å². The fourth-order valence-corrected chi connectivity index (χ4v) is 3.71. The van der Waals surface area contributed by atoms with E-state index < -0.39 is 0 Å². The molecule has 0 saturated carbocycles. The fourth-order valence-electron chi connectivity index (χ4n) is 3.71. The zero-order valence-electron chi connectivity index (χ0n) is 16.4. The Balaban J connectivity index is 1.39. The predicted octanol–water partition coefficient (Wildman–Crippen LogP) is 1.06. The van der Waals surface area contributed by atoms with Gasteiger partial charge in [-0.3, -0.25) is 19.9 Å². The number of benzene rings is 1. The molecule has 0 aliphatic carbocycles. The Hall–Kier alpha value is -2.61. The standard InChI is InChI=1S/C20H29N5O3/c1-16-7-5-6-10-25(16)18(26)15-23-11-13-24(14-12-23)20(28)22-21-19(27)17-8-3-2-4-9-17/h2-4,8-9,16H,5-7,10-15H2,1H3,(H,21,27)(H,22,28)/t16-/m0/s1. The first-order valence-corrected chi connectivity index (χ1v) is 9.96. The van der Waals surface area contributed by atoms with Gasteiger partial charge in [0.1, 0.15) is 0 Å². The predicted molar refractivity (Wildman–Crippen MR) is 105 cm³/mol. The lowest BCUT2D eigenvalue weighted by Gasteiger charge is -2.38. The number of amides is 4. The van der Waals surface area contributed by atoms with Gasteiger partial charge in [-0.05, 0) is 38.3 Å². The summed E-state index contributed by atoms with van der Waals surface area (Å²) in [5.41, 5.74) is 5.37. The maximum Gasteiger partial charge on any atom is 0.336 e. The molecule has 1 aromatic rings. The minimum atomic E-state index is -0.353. The molecule has 8 heteroatoms. The molecule has 0 bridgehead atoms. The second kappa shape index (κ2) is 9.54. The highest BCUT2D eigenvalue weighted by Crippen LogP contribution is 2.17. The lowest BCUT2D eigenvalue weighted by atomic mass is 10.0. The average molecular weight is 387 g/mol. The first-order chi connectivity index (χ1) is 13.5. The van der Waals surface area contributed by atoms with E-state index in [9.17, 15) is 14.4 Å². The molecule has 1 atom stereocenters. The molecule has 3 rings (SSSR count). The van der Waals surface area contributed by atoms with Crippen LogP contribution in [0.25, 0.3) is 0 Å². The lowest BCUT2D eigenvalue weighted by molar-refractivity contribution is -0.136. The van der Waals surface area contributed by atoms with Crippen LogP contribution in [0.1, 0.15) is 36.5 Å². The van der Waals surface area contributed by atoms with Gasteiger partial charge in [0.25, 0.3) is 5.91 Å². The number of nitrogens with one attached hydrogen (secondary N) is 2. The van der Waals surface area contributed by atoms with Gasteiger partial charge in [-0.2, -0.15) is 0 Å². The van der Waals surface area contributed by atoms with Gasteiger partial charge < -0.3 is 9.80 Å². The Bertz CT molecular complexity index is 688. The van der Waals surface area contributed by atoms with Crippen LogP contribution in [0.3, 0.4) is 0 Å². The number of piperidine rings is 1. The molecule has 2 saturated heterocycles. The van der Waals surface area contributed by atoms with Crippen molar-refractivity contribution in [2.24, 2.45) is 0 Å². The molecule has 8 nitrogen and oxygen atoms in total. The van der Waals surface area contributed by atoms with E-state index in [0.717, 1.165) is 19.4 Å². The quantitative estimate of drug-likeness (QED) is 0.760. The first kappa shape index (κ1) is 20.1. The Morgan fingerprint density at radius 2 is 1.68 bits per heavy atom. The number of rotatable bonds is 3. The third-order valence-electron chi connectivity index (χ3n) is 5.46. The summed E-state index contributed by atoms with van der Waals surface area (Å²) in [5.74, 6) is -0.172. The highest BCUT2D eigenvalue weighted by atomic mass is 16.2. The number of hydrazine groups is 1. The van der Waals surface area contributed by atoms with Crippen molar-refractivity contribution in [2.75, 3.05) is 39.3 Å². The second-order valence-corrected chi connectivity index (χ2v) is 7.45. The third kappa shape index (κ3) is 5.22. The SMILES string of the molecule is C[C@H]1CCCCN1C(=O)CN1CCN(C(=O)NNC(=O)c2ccccc2)CC1. The number of likely N-dealkylation sites (tertiary alicyclic amines) is 1. The Labute approximate surface area is 165 Å². The number of hydrogen-bond donors (Lipinski definition) is 2. The second-order valence-electron chi connectivity index (χ2n) is 7.45. The van der Waals surface area contributed by atoms with Crippen molar-refractivity contribution < 1.29 is 14.4 Å². The third-order valence-corrected chi connectivity index (χ3v) is 5.46. The van der Waals surface area contributed by atoms with Crippen molar-refractivity contribution in [3.05, 3.63) is 35.9 Å². The van der Waals surface area contributed by atoms with Gasteiger partial charge in [-0.1, -0.05) is 18.2 Å². The largest absolute Gasteiger partial charge is 0.339 e. The van der Waals surface area contributed by atoms with Crippen molar-refractivity contribution in [1.29, 1.82) is 0 Å². The maximum atomic E-state index is 12.5. The Morgan fingerprint density at radius 3 is 2.36 bits per heavy atom. The molecular formula is C20H29N5O3. The molecule has 2 N–H and O–H groups in total. The van der Waals surface area contributed by atoms with Gasteiger partial charge in [-0.25, -0.2) is 10.2 Å². The molecule has 4 amide bonds. The summed E-state index contributed by atoms with van der Waals surface area (Å²) in [7, 11) is 0. The summed E-state index contributed by atoms with van der Waals surface area (Å²) in [6.07, 6.45) is 3.35. The molecule has 0 unspecified atom stereocenters. The molecule has 0 aromatic heterocycles. The smallest absolute Gasteiger partial charge is 0.336 e. The van der Waals surface area contributed by atoms with Crippen molar-refractivity contribution in [1.82, 2.24) is 25.6 Å². The Morgan fingerprint density at radius 1 is 0.964 bits per heavy atom. The number of carbonyl (C=O) groups is 3. The van der Waals surface area contributed by atoms with E-state index in [1.54, 1.807) is 29.2 Å². The summed E-state index contributed by atoms with van der Waals surface area (Å²) >= 11 is 0. The number of piperazine rings is 1. The lowest BCUT2D eigenvalue weighted by Crippen LogP contribution is -2.56. The van der Waals surface area contributed by atoms with E-state index in [2.05, 4.69) is 22.7 Å². The van der Waals surface area contributed by atoms with Gasteiger partial charge >= 0.3 is 6.03 Å². The van der Waals surface area contributed by atoms with Gasteiger partial charge in [0.05, 0.1) is 6.54 Å². The van der Waals surface area contributed by atoms with Gasteiger partial charge in [0.2, 0.25) is 5.91 Å². The van der Waals surface area contributed by atoms with Crippen LogP contribution in [0.2, 0.25) is 0 Å². The molecular weight excluding hydrogens is 358 g/mol. The number of urea groups is 1. The molecule has 152 valence electrons. The number of carbonyl (C=O) groups excluding carboxylic acids is 3. The summed E-state index contributed by atoms with van der Waals surface area (Å²) in [6, 6.07) is 8.71. The van der Waals surface area contributed by atoms with Crippen LogP contribution >= 0.6 is 0 Å². The van der Waals surface area contributed by atoms with E-state index >= 15 is 0 Å². The molecule has 1 aromatic carbocycles. The maximum absolute atomic E-state index is 12.5. The number of hydrogen-bond acceptors (Lipinski definition) is 4. The van der Waals surface area contributed by atoms with Crippen molar-refractivity contribution >= 4 is 17.8 Å². The average Bonchev–Trinajstić information content (AvgIpc) is 2.73. The van der Waals surface area contributed by atoms with Crippen LogP contribution in [0.4, 0.5) is 4.79 Å². The van der Waals surface area contributed by atoms with Crippen LogP contribution in [0.5, 0.6) is 0 Å². The van der Waals surface area contributed by atoms with Crippen LogP contribution in [-0.4, -0.2) is 77.9 Å². The van der Waals surface area contributed by atoms with Gasteiger partial charge in [0.15, 0.2) is 0 Å². The Kier molecular flexibility index (Phi) is 6.86. The zero-order chi connectivity index (χ0) is 19.9. The zero-order valence-corrected chi connectivity index (χ0v) is 16.4. The summed E-state index contributed by atoms with van der Waals surface area (Å²) < 4.78 is 0. The normalized spacial score (nSPS) is 20.5. The first-order valence-electron chi connectivity index (χ1n) is 9.96. The summed E-state index contributed by atoms with van der Waals surface area (Å²) in [5, 5.41) is 0. The van der Waals surface area contributed by atoms with Gasteiger partial charge in [-0.15, -0.1) is 0 Å². The molecule has 2 fully saturated rings. The van der Waals surface area contributed by atoms with Crippen LogP contribution in [0.15, 0.2) is 30.3 Å². The van der Waals surface area contributed by atoms with Crippen molar-refractivity contribution in [3.8, 4) is 0 Å². The van der Waals surface area contributed by atoms with E-state index in [1.807, 2.05) is 11.0 Å². The topological polar surface area (TPSA) is 85.0 Å². The van der Waals surface area contributed by atoms with E-state index in [-0.39, 0.29) is 17.8 Å². The van der Waals surface area contributed by atoms with E-state index in [4.69, 9.17) is 0 Å². The highest BCUT2D eigenvalue weighted by Gasteiger charge is 2.27. The molecule has 0 radical (unpaired) electrons. The van der Waals surface area contributed by atoms with Crippen molar-refractivity contribution in [2.45, 2.75) is 32.2 Å². The summed E-state index contributed by atoms with van der Waals surface area (Å²) in [4.78, 5) is 42.5. The molecule has 2 heterocycles. The molecule has 2 aliphatic heterocycles. The van der Waals surface area contributed by atoms with Crippen LogP contribution in [-0.2, 0) is 4.79 Å². The minimum Gasteiger partial charge on any atom is -0.339 e. The van der Waals surface area contributed by atoms with E-state index in [1.165, 1.54) is 6.42 Å². The van der Waals surface area contributed by atoms with Gasteiger partial charge in [0, 0.05) is 44.3 Å².